The van der Waals surface area contributed by atoms with Crippen molar-refractivity contribution in [2.75, 3.05) is 0 Å². The zero-order chi connectivity index (χ0) is 13.5. The van der Waals surface area contributed by atoms with Crippen molar-refractivity contribution in [1.29, 1.82) is 0 Å². The molecule has 3 aromatic rings. The molecule has 0 saturated carbocycles. The first-order chi connectivity index (χ1) is 9.84. The lowest BCUT2D eigenvalue weighted by molar-refractivity contribution is 1.13. The fraction of sp³-hybridized carbons (Fsp3) is 0.111. The summed E-state index contributed by atoms with van der Waals surface area (Å²) >= 11 is 4.47. The smallest absolute Gasteiger partial charge is 0.0445 e. The molecule has 0 atom stereocenters. The van der Waals surface area contributed by atoms with Crippen LogP contribution in [0, 0.1) is 0 Å². The SMILES string of the molecule is IC1=c2sc3c(-c4ccccc4)cccc3c2=CCC1. The Bertz CT molecular complexity index is 904. The normalized spacial score (nSPS) is 14.2. The van der Waals surface area contributed by atoms with Gasteiger partial charge < -0.3 is 0 Å². The van der Waals surface area contributed by atoms with Crippen LogP contribution in [-0.4, -0.2) is 0 Å². The van der Waals surface area contributed by atoms with E-state index in [9.17, 15) is 0 Å². The molecule has 20 heavy (non-hydrogen) atoms. The van der Waals surface area contributed by atoms with Crippen molar-refractivity contribution in [2.24, 2.45) is 0 Å². The maximum Gasteiger partial charge on any atom is 0.0445 e. The highest BCUT2D eigenvalue weighted by Crippen LogP contribution is 2.30. The number of hydrogen-bond acceptors (Lipinski definition) is 1. The van der Waals surface area contributed by atoms with E-state index >= 15 is 0 Å². The summed E-state index contributed by atoms with van der Waals surface area (Å²) in [5.74, 6) is 0. The molecule has 0 amide bonds. The number of fused-ring (bicyclic) bond motifs is 3. The number of benzene rings is 2. The second kappa shape index (κ2) is 5.01. The fourth-order valence-electron chi connectivity index (χ4n) is 2.84. The number of thiophene rings is 1. The minimum Gasteiger partial charge on any atom is -0.134 e. The van der Waals surface area contributed by atoms with Crippen LogP contribution in [0.4, 0.5) is 0 Å². The standard InChI is InChI=1S/C18H13IS/c19-16-11-5-10-15-14-9-4-8-13(17(14)20-18(15)16)12-6-2-1-3-7-12/h1-4,6-10H,5,11H2. The van der Waals surface area contributed by atoms with E-state index in [1.807, 2.05) is 11.3 Å². The highest BCUT2D eigenvalue weighted by Gasteiger charge is 2.11. The van der Waals surface area contributed by atoms with Gasteiger partial charge in [0.1, 0.15) is 0 Å². The van der Waals surface area contributed by atoms with E-state index in [1.165, 1.54) is 47.4 Å². The van der Waals surface area contributed by atoms with E-state index in [1.54, 1.807) is 0 Å². The first kappa shape index (κ1) is 12.6. The van der Waals surface area contributed by atoms with Gasteiger partial charge in [0.2, 0.25) is 0 Å². The van der Waals surface area contributed by atoms with E-state index in [0.29, 0.717) is 0 Å². The van der Waals surface area contributed by atoms with Gasteiger partial charge in [-0.15, -0.1) is 11.3 Å². The van der Waals surface area contributed by atoms with Crippen LogP contribution in [0.25, 0.3) is 30.9 Å². The molecule has 1 aromatic heterocycles. The Labute approximate surface area is 135 Å². The molecule has 0 aliphatic heterocycles. The van der Waals surface area contributed by atoms with Crippen LogP contribution in [0.3, 0.4) is 0 Å². The molecule has 0 unspecified atom stereocenters. The van der Waals surface area contributed by atoms with Crippen molar-refractivity contribution in [3.05, 3.63) is 58.3 Å². The van der Waals surface area contributed by atoms with Crippen LogP contribution in [0.1, 0.15) is 12.8 Å². The number of rotatable bonds is 1. The molecule has 0 spiro atoms. The molecule has 1 aliphatic carbocycles. The molecule has 1 heterocycles. The molecule has 0 nitrogen and oxygen atoms in total. The van der Waals surface area contributed by atoms with Gasteiger partial charge in [-0.1, -0.05) is 54.6 Å². The topological polar surface area (TPSA) is 0 Å². The predicted octanol–water partition coefficient (Wildman–Crippen LogP) is 4.69. The highest BCUT2D eigenvalue weighted by atomic mass is 127. The van der Waals surface area contributed by atoms with Gasteiger partial charge in [-0.3, -0.25) is 0 Å². The lowest BCUT2D eigenvalue weighted by Gasteiger charge is -2.02. The van der Waals surface area contributed by atoms with Crippen molar-refractivity contribution in [2.45, 2.75) is 12.8 Å². The molecule has 0 bridgehead atoms. The van der Waals surface area contributed by atoms with Gasteiger partial charge in [-0.25, -0.2) is 0 Å². The molecular weight excluding hydrogens is 375 g/mol. The monoisotopic (exact) mass is 388 g/mol. The molecule has 98 valence electrons. The largest absolute Gasteiger partial charge is 0.134 e. The summed E-state index contributed by atoms with van der Waals surface area (Å²) in [5.41, 5.74) is 2.67. The first-order valence-electron chi connectivity index (χ1n) is 6.80. The zero-order valence-electron chi connectivity index (χ0n) is 10.9. The van der Waals surface area contributed by atoms with Gasteiger partial charge in [0.05, 0.1) is 0 Å². The Hall–Kier alpha value is -1.13. The second-order valence-corrected chi connectivity index (χ2v) is 7.36. The Balaban J connectivity index is 2.14. The van der Waals surface area contributed by atoms with Crippen LogP contribution in [-0.2, 0) is 0 Å². The van der Waals surface area contributed by atoms with Crippen LogP contribution >= 0.6 is 33.9 Å². The zero-order valence-corrected chi connectivity index (χ0v) is 13.9. The molecule has 0 saturated heterocycles. The highest BCUT2D eigenvalue weighted by molar-refractivity contribution is 14.1. The summed E-state index contributed by atoms with van der Waals surface area (Å²) in [6.45, 7) is 0. The Morgan fingerprint density at radius 2 is 1.80 bits per heavy atom. The second-order valence-electron chi connectivity index (χ2n) is 5.04. The first-order valence-corrected chi connectivity index (χ1v) is 8.70. The van der Waals surface area contributed by atoms with Crippen molar-refractivity contribution in [3.63, 3.8) is 0 Å². The lowest BCUT2D eigenvalue weighted by atomic mass is 10.0. The average Bonchev–Trinajstić information content (AvgIpc) is 2.88. The molecule has 4 rings (SSSR count). The van der Waals surface area contributed by atoms with Crippen LogP contribution in [0.5, 0.6) is 0 Å². The van der Waals surface area contributed by atoms with Crippen LogP contribution < -0.4 is 9.75 Å². The molecule has 0 fully saturated rings. The average molecular weight is 388 g/mol. The summed E-state index contributed by atoms with van der Waals surface area (Å²) in [4.78, 5) is 0. The third-order valence-corrected chi connectivity index (χ3v) is 6.56. The third-order valence-electron chi connectivity index (χ3n) is 3.80. The quantitative estimate of drug-likeness (QED) is 0.531. The molecule has 1 aliphatic rings. The Morgan fingerprint density at radius 3 is 2.65 bits per heavy atom. The van der Waals surface area contributed by atoms with Gasteiger partial charge in [-0.05, 0) is 51.8 Å². The fourth-order valence-corrected chi connectivity index (χ4v) is 5.08. The number of halogens is 1. The van der Waals surface area contributed by atoms with E-state index < -0.39 is 0 Å². The molecule has 2 heteroatoms. The van der Waals surface area contributed by atoms with E-state index in [4.69, 9.17) is 0 Å². The Kier molecular flexibility index (Phi) is 3.15. The predicted molar refractivity (Wildman–Crippen MR) is 97.6 cm³/mol. The van der Waals surface area contributed by atoms with Crippen molar-refractivity contribution in [3.8, 4) is 11.1 Å². The van der Waals surface area contributed by atoms with E-state index in [0.717, 1.165) is 0 Å². The van der Waals surface area contributed by atoms with Gasteiger partial charge in [0.25, 0.3) is 0 Å². The number of hydrogen-bond donors (Lipinski definition) is 0. The summed E-state index contributed by atoms with van der Waals surface area (Å²) < 4.78 is 4.42. The molecule has 0 radical (unpaired) electrons. The maximum absolute atomic E-state index is 2.52. The summed E-state index contributed by atoms with van der Waals surface area (Å²) in [6.07, 6.45) is 4.78. The van der Waals surface area contributed by atoms with Gasteiger partial charge in [0, 0.05) is 18.2 Å². The molecule has 2 aromatic carbocycles. The third kappa shape index (κ3) is 1.93. The summed E-state index contributed by atoms with van der Waals surface area (Å²) in [5, 5.41) is 2.87. The van der Waals surface area contributed by atoms with Crippen molar-refractivity contribution < 1.29 is 0 Å². The van der Waals surface area contributed by atoms with E-state index in [2.05, 4.69) is 77.2 Å². The minimum atomic E-state index is 1.17. The van der Waals surface area contributed by atoms with Crippen molar-refractivity contribution in [1.82, 2.24) is 0 Å². The lowest BCUT2D eigenvalue weighted by Crippen LogP contribution is -2.22. The van der Waals surface area contributed by atoms with Crippen LogP contribution in [0.15, 0.2) is 48.5 Å². The maximum atomic E-state index is 2.52. The van der Waals surface area contributed by atoms with Crippen molar-refractivity contribution >= 4 is 53.7 Å². The summed E-state index contributed by atoms with van der Waals surface area (Å²) in [7, 11) is 0. The minimum absolute atomic E-state index is 1.17. The van der Waals surface area contributed by atoms with Gasteiger partial charge >= 0.3 is 0 Å². The van der Waals surface area contributed by atoms with Crippen LogP contribution in [0.2, 0.25) is 0 Å². The Morgan fingerprint density at radius 1 is 0.950 bits per heavy atom. The molecule has 0 N–H and O–H groups in total. The van der Waals surface area contributed by atoms with E-state index in [-0.39, 0.29) is 0 Å². The van der Waals surface area contributed by atoms with Gasteiger partial charge in [-0.2, -0.15) is 0 Å². The van der Waals surface area contributed by atoms with Gasteiger partial charge in [0.15, 0.2) is 0 Å². The summed E-state index contributed by atoms with van der Waals surface area (Å²) in [6, 6.07) is 17.4. The molecular formula is C18H13IS.